The molecule has 3 fully saturated rings. The van der Waals surface area contributed by atoms with Gasteiger partial charge >= 0.3 is 0 Å². The number of hydrogen-bond donors (Lipinski definition) is 3. The maximum atomic E-state index is 11.8. The normalized spacial score (nSPS) is 27.8. The molecule has 0 spiro atoms. The van der Waals surface area contributed by atoms with Crippen LogP contribution in [0.15, 0.2) is 33.0 Å². The van der Waals surface area contributed by atoms with Crippen LogP contribution in [0.3, 0.4) is 0 Å². The zero-order valence-electron chi connectivity index (χ0n) is 31.7. The van der Waals surface area contributed by atoms with Gasteiger partial charge in [0.2, 0.25) is 17.8 Å². The van der Waals surface area contributed by atoms with Crippen molar-refractivity contribution in [3.05, 3.63) is 85.6 Å². The molecular weight excluding hydrogens is 873 g/mol. The third-order valence-corrected chi connectivity index (χ3v) is 10.3. The van der Waals surface area contributed by atoms with Crippen molar-refractivity contribution in [1.82, 2.24) is 28.7 Å². The fourth-order valence-corrected chi connectivity index (χ4v) is 7.76. The van der Waals surface area contributed by atoms with Gasteiger partial charge in [-0.3, -0.25) is 14.4 Å². The second kappa shape index (κ2) is 20.9. The Hall–Kier alpha value is -0.648. The van der Waals surface area contributed by atoms with E-state index >= 15 is 0 Å². The molecule has 0 aliphatic heterocycles. The molecule has 0 saturated heterocycles. The summed E-state index contributed by atoms with van der Waals surface area (Å²) in [5.74, 6) is 4.73. The maximum absolute atomic E-state index is 11.8. The quantitative estimate of drug-likeness (QED) is 0.328. The topological polar surface area (TPSA) is 183 Å². The Balaban J connectivity index is 0.000000372. The van der Waals surface area contributed by atoms with Crippen molar-refractivity contribution in [3.8, 4) is 0 Å². The van der Waals surface area contributed by atoms with E-state index in [1.807, 2.05) is 39.7 Å². The van der Waals surface area contributed by atoms with E-state index in [0.717, 1.165) is 36.0 Å². The number of aromatic nitrogens is 6. The predicted octanol–water partition coefficient (Wildman–Crippen LogP) is 3.97. The standard InChI is InChI=1S/3C12H18N3O.3Y/c3*1-7-4-8(2)9(5-7)10-6-15(3)12(13)14-11(10)16;;;/h3*4,6-9H,5H2,1-3H3,(H2,13,14,16);;;/q3*-1;;;/t7-,8-,9+;7-,8-,9-;;;;/m11..../s1. The van der Waals surface area contributed by atoms with E-state index in [4.69, 9.17) is 17.2 Å². The van der Waals surface area contributed by atoms with Crippen LogP contribution in [0.4, 0.5) is 17.8 Å². The first kappa shape index (κ1) is 48.4. The van der Waals surface area contributed by atoms with Gasteiger partial charge in [0.15, 0.2) is 0 Å². The molecular formula is C36H54N9O3Y3-3. The molecule has 3 aromatic heterocycles. The van der Waals surface area contributed by atoms with Gasteiger partial charge in [-0.1, -0.05) is 60.8 Å². The summed E-state index contributed by atoms with van der Waals surface area (Å²) in [6, 6.07) is 0. The molecule has 3 radical (unpaired) electrons. The van der Waals surface area contributed by atoms with Gasteiger partial charge in [0.1, 0.15) is 0 Å². The Kier molecular flexibility index (Phi) is 19.8. The average Bonchev–Trinajstić information content (AvgIpc) is 3.64. The molecule has 9 atom stereocenters. The Labute approximate surface area is 378 Å². The monoisotopic (exact) mass is 927 g/mol. The van der Waals surface area contributed by atoms with Gasteiger partial charge in [-0.25, -0.2) is 0 Å². The summed E-state index contributed by atoms with van der Waals surface area (Å²) < 4.78 is 5.14. The second-order valence-electron chi connectivity index (χ2n) is 14.5. The van der Waals surface area contributed by atoms with Crippen molar-refractivity contribution in [1.29, 1.82) is 0 Å². The molecule has 51 heavy (non-hydrogen) atoms. The third-order valence-electron chi connectivity index (χ3n) is 10.3. The molecule has 3 aliphatic rings. The molecule has 0 amide bonds. The molecule has 3 heterocycles. The fourth-order valence-electron chi connectivity index (χ4n) is 7.76. The van der Waals surface area contributed by atoms with E-state index in [1.165, 1.54) is 0 Å². The van der Waals surface area contributed by atoms with Crippen molar-refractivity contribution in [3.63, 3.8) is 0 Å². The van der Waals surface area contributed by atoms with E-state index < -0.39 is 0 Å². The van der Waals surface area contributed by atoms with E-state index in [2.05, 4.69) is 75.8 Å². The molecule has 6 N–H and O–H groups in total. The fraction of sp³-hybridized carbons (Fsp3) is 0.583. The van der Waals surface area contributed by atoms with Crippen molar-refractivity contribution >= 4 is 17.8 Å². The van der Waals surface area contributed by atoms with Crippen molar-refractivity contribution < 1.29 is 98.1 Å². The van der Waals surface area contributed by atoms with Crippen LogP contribution in [0.5, 0.6) is 0 Å². The van der Waals surface area contributed by atoms with Crippen LogP contribution in [-0.4, -0.2) is 28.7 Å². The molecule has 15 heteroatoms. The van der Waals surface area contributed by atoms with Crippen LogP contribution in [-0.2, 0) is 119 Å². The summed E-state index contributed by atoms with van der Waals surface area (Å²) in [5, 5.41) is 0. The van der Waals surface area contributed by atoms with Crippen molar-refractivity contribution in [2.45, 2.75) is 78.6 Å². The number of rotatable bonds is 3. The smallest absolute Gasteiger partial charge is 0.277 e. The van der Waals surface area contributed by atoms with Crippen LogP contribution in [0, 0.1) is 54.8 Å². The molecule has 6 rings (SSSR count). The first-order chi connectivity index (χ1) is 22.5. The molecule has 3 saturated carbocycles. The zero-order valence-corrected chi connectivity index (χ0v) is 40.2. The minimum Gasteiger partial charge on any atom is -0.369 e. The number of anilines is 3. The summed E-state index contributed by atoms with van der Waals surface area (Å²) in [4.78, 5) is 47.0. The number of nitrogens with zero attached hydrogens (tertiary/aromatic N) is 6. The van der Waals surface area contributed by atoms with Crippen LogP contribution in [0.1, 0.15) is 95.2 Å². The van der Waals surface area contributed by atoms with E-state index in [1.54, 1.807) is 13.7 Å². The summed E-state index contributed by atoms with van der Waals surface area (Å²) in [6.45, 7) is 13.0. The summed E-state index contributed by atoms with van der Waals surface area (Å²) >= 11 is 0. The first-order valence-corrected chi connectivity index (χ1v) is 17.0. The molecule has 273 valence electrons. The van der Waals surface area contributed by atoms with Gasteiger partial charge in [0, 0.05) is 155 Å². The summed E-state index contributed by atoms with van der Waals surface area (Å²) in [5.41, 5.74) is 18.7. The number of nitrogens with two attached hydrogens (primary N) is 3. The van der Waals surface area contributed by atoms with Crippen molar-refractivity contribution in [2.24, 2.45) is 56.7 Å². The maximum Gasteiger partial charge on any atom is 0.277 e. The van der Waals surface area contributed by atoms with E-state index in [9.17, 15) is 14.4 Å². The third kappa shape index (κ3) is 12.2. The van der Waals surface area contributed by atoms with Gasteiger partial charge in [-0.2, -0.15) is 50.5 Å². The Bertz CT molecular complexity index is 1580. The SMILES string of the molecule is CC1[CH-]C(C)C(c2cn(C)c(N)nc2=O)C1.C[C@@H]1[CH-][C@@H](C)[C@@H](c2cn(C)c(N)nc2=O)C1.C[C@@H]1[CH-][C@@H](C)[C@H](c2cn(C)c(N)nc2=O)C1.[Y].[Y].[Y]. The zero-order chi connectivity index (χ0) is 35.6. The van der Waals surface area contributed by atoms with Gasteiger partial charge in [-0.05, 0) is 17.8 Å². The summed E-state index contributed by atoms with van der Waals surface area (Å²) in [6.07, 6.45) is 15.5. The van der Waals surface area contributed by atoms with Gasteiger partial charge in [0.05, 0.1) is 0 Å². The van der Waals surface area contributed by atoms with Crippen LogP contribution in [0.25, 0.3) is 0 Å². The molecule has 3 aliphatic carbocycles. The van der Waals surface area contributed by atoms with Gasteiger partial charge in [0.25, 0.3) is 16.7 Å². The van der Waals surface area contributed by atoms with Gasteiger partial charge in [-0.15, -0.1) is 0 Å². The first-order valence-electron chi connectivity index (χ1n) is 17.0. The molecule has 12 nitrogen and oxygen atoms in total. The van der Waals surface area contributed by atoms with Gasteiger partial charge < -0.3 is 50.2 Å². The Morgan fingerprint density at radius 1 is 0.510 bits per heavy atom. The van der Waals surface area contributed by atoms with Crippen LogP contribution in [0.2, 0.25) is 0 Å². The Morgan fingerprint density at radius 2 is 0.725 bits per heavy atom. The van der Waals surface area contributed by atoms with Crippen LogP contribution >= 0.6 is 0 Å². The minimum atomic E-state index is -0.171. The average molecular weight is 928 g/mol. The molecule has 0 aromatic carbocycles. The largest absolute Gasteiger partial charge is 0.369 e. The molecule has 3 unspecified atom stereocenters. The minimum absolute atomic E-state index is 0. The second-order valence-corrected chi connectivity index (χ2v) is 14.5. The van der Waals surface area contributed by atoms with E-state index in [-0.39, 0.29) is 133 Å². The summed E-state index contributed by atoms with van der Waals surface area (Å²) in [7, 11) is 5.45. The molecule has 3 aromatic rings. The number of hydrogen-bond acceptors (Lipinski definition) is 9. The predicted molar refractivity (Wildman–Crippen MR) is 192 cm³/mol. The Morgan fingerprint density at radius 3 is 0.902 bits per heavy atom. The number of nitrogen functional groups attached to an aromatic ring is 3. The van der Waals surface area contributed by atoms with Crippen molar-refractivity contribution in [2.75, 3.05) is 17.2 Å². The molecule has 0 bridgehead atoms. The number of aryl methyl sites for hydroxylation is 3. The van der Waals surface area contributed by atoms with Crippen LogP contribution < -0.4 is 33.9 Å². The van der Waals surface area contributed by atoms with E-state index in [0.29, 0.717) is 53.3 Å².